The third-order valence-electron chi connectivity index (χ3n) is 5.55. The second-order valence-corrected chi connectivity index (χ2v) is 7.65. The Morgan fingerprint density at radius 2 is 1.82 bits per heavy atom. The Morgan fingerprint density at radius 1 is 1.04 bits per heavy atom. The van der Waals surface area contributed by atoms with Crippen molar-refractivity contribution in [3.8, 4) is 0 Å². The standard InChI is InChI=1S/C24H27N3O/c1-18-8-6-12-23(19(18)2)25-24(28)27(21-13-14-21)17-22-11-7-15-26(22)16-20-9-4-3-5-10-20/h3-12,15,21H,13-14,16-17H2,1-2H3,(H,25,28). The van der Waals surface area contributed by atoms with Gasteiger partial charge in [-0.3, -0.25) is 0 Å². The van der Waals surface area contributed by atoms with Crippen LogP contribution < -0.4 is 5.32 Å². The summed E-state index contributed by atoms with van der Waals surface area (Å²) in [6, 6.07) is 21.0. The lowest BCUT2D eigenvalue weighted by atomic mass is 10.1. The van der Waals surface area contributed by atoms with Gasteiger partial charge < -0.3 is 14.8 Å². The van der Waals surface area contributed by atoms with Crippen LogP contribution in [0.4, 0.5) is 10.5 Å². The maximum atomic E-state index is 13.1. The van der Waals surface area contributed by atoms with E-state index in [-0.39, 0.29) is 6.03 Å². The minimum atomic E-state index is -0.0105. The molecule has 1 N–H and O–H groups in total. The SMILES string of the molecule is Cc1cccc(NC(=O)N(Cc2cccn2Cc2ccccc2)C2CC2)c1C. The first-order chi connectivity index (χ1) is 13.6. The number of hydrogen-bond acceptors (Lipinski definition) is 1. The number of hydrogen-bond donors (Lipinski definition) is 1. The van der Waals surface area contributed by atoms with Crippen LogP contribution in [0.15, 0.2) is 66.9 Å². The molecule has 2 aromatic carbocycles. The van der Waals surface area contributed by atoms with Gasteiger partial charge in [0.1, 0.15) is 0 Å². The summed E-state index contributed by atoms with van der Waals surface area (Å²) in [5, 5.41) is 3.13. The molecule has 0 saturated heterocycles. The van der Waals surface area contributed by atoms with Crippen LogP contribution in [0.2, 0.25) is 0 Å². The molecule has 0 spiro atoms. The number of anilines is 1. The Morgan fingerprint density at radius 3 is 2.57 bits per heavy atom. The second-order valence-electron chi connectivity index (χ2n) is 7.65. The molecular weight excluding hydrogens is 346 g/mol. The van der Waals surface area contributed by atoms with Crippen LogP contribution in [0.1, 0.15) is 35.2 Å². The van der Waals surface area contributed by atoms with Gasteiger partial charge in [0, 0.05) is 30.2 Å². The molecule has 0 unspecified atom stereocenters. The fraction of sp³-hybridized carbons (Fsp3) is 0.292. The van der Waals surface area contributed by atoms with Gasteiger partial charge in [-0.05, 0) is 61.6 Å². The van der Waals surface area contributed by atoms with Gasteiger partial charge in [0.05, 0.1) is 6.54 Å². The van der Waals surface area contributed by atoms with Gasteiger partial charge >= 0.3 is 6.03 Å². The van der Waals surface area contributed by atoms with Crippen molar-refractivity contribution >= 4 is 11.7 Å². The van der Waals surface area contributed by atoms with Crippen LogP contribution in [-0.2, 0) is 13.1 Å². The Hall–Kier alpha value is -3.01. The topological polar surface area (TPSA) is 37.3 Å². The van der Waals surface area contributed by atoms with Crippen LogP contribution in [0, 0.1) is 13.8 Å². The Bertz CT molecular complexity index is 957. The molecule has 28 heavy (non-hydrogen) atoms. The molecule has 0 aliphatic heterocycles. The molecule has 144 valence electrons. The Balaban J connectivity index is 1.50. The number of amides is 2. The highest BCUT2D eigenvalue weighted by Crippen LogP contribution is 2.30. The number of nitrogens with zero attached hydrogens (tertiary/aromatic N) is 2. The van der Waals surface area contributed by atoms with E-state index in [0.29, 0.717) is 12.6 Å². The zero-order valence-electron chi connectivity index (χ0n) is 16.6. The number of carbonyl (C=O) groups excluding carboxylic acids is 1. The van der Waals surface area contributed by atoms with Gasteiger partial charge in [-0.2, -0.15) is 0 Å². The van der Waals surface area contributed by atoms with Crippen molar-refractivity contribution in [3.63, 3.8) is 0 Å². The third-order valence-corrected chi connectivity index (χ3v) is 5.55. The second kappa shape index (κ2) is 7.93. The molecule has 4 nitrogen and oxygen atoms in total. The van der Waals surface area contributed by atoms with E-state index in [1.165, 1.54) is 11.1 Å². The van der Waals surface area contributed by atoms with Crippen LogP contribution in [0.3, 0.4) is 0 Å². The third kappa shape index (κ3) is 4.11. The lowest BCUT2D eigenvalue weighted by Crippen LogP contribution is -2.37. The summed E-state index contributed by atoms with van der Waals surface area (Å²) in [6.45, 7) is 5.57. The van der Waals surface area contributed by atoms with Crippen molar-refractivity contribution in [1.29, 1.82) is 0 Å². The Labute approximate surface area is 166 Å². The van der Waals surface area contributed by atoms with E-state index >= 15 is 0 Å². The number of rotatable bonds is 6. The predicted octanol–water partition coefficient (Wildman–Crippen LogP) is 5.35. The van der Waals surface area contributed by atoms with E-state index in [1.54, 1.807) is 0 Å². The molecule has 0 bridgehead atoms. The van der Waals surface area contributed by atoms with Crippen LogP contribution in [0.25, 0.3) is 0 Å². The maximum absolute atomic E-state index is 13.1. The maximum Gasteiger partial charge on any atom is 0.322 e. The molecule has 0 radical (unpaired) electrons. The first-order valence-corrected chi connectivity index (χ1v) is 9.93. The minimum absolute atomic E-state index is 0.0105. The summed E-state index contributed by atoms with van der Waals surface area (Å²) in [4.78, 5) is 15.0. The largest absolute Gasteiger partial charge is 0.345 e. The summed E-state index contributed by atoms with van der Waals surface area (Å²) >= 11 is 0. The van der Waals surface area contributed by atoms with Gasteiger partial charge in [0.25, 0.3) is 0 Å². The number of aryl methyl sites for hydroxylation is 1. The van der Waals surface area contributed by atoms with Crippen molar-refractivity contribution < 1.29 is 4.79 Å². The summed E-state index contributed by atoms with van der Waals surface area (Å²) in [7, 11) is 0. The first-order valence-electron chi connectivity index (χ1n) is 9.93. The number of urea groups is 1. The van der Waals surface area contributed by atoms with E-state index in [0.717, 1.165) is 36.3 Å². The van der Waals surface area contributed by atoms with E-state index in [2.05, 4.69) is 72.4 Å². The number of aromatic nitrogens is 1. The molecule has 2 amide bonds. The van der Waals surface area contributed by atoms with Crippen molar-refractivity contribution in [2.24, 2.45) is 0 Å². The smallest absolute Gasteiger partial charge is 0.322 e. The van der Waals surface area contributed by atoms with Gasteiger partial charge in [0.2, 0.25) is 0 Å². The van der Waals surface area contributed by atoms with Crippen LogP contribution in [-0.4, -0.2) is 21.5 Å². The van der Waals surface area contributed by atoms with E-state index < -0.39 is 0 Å². The number of nitrogens with one attached hydrogen (secondary N) is 1. The van der Waals surface area contributed by atoms with E-state index in [1.807, 2.05) is 23.1 Å². The molecular formula is C24H27N3O. The molecule has 1 heterocycles. The Kier molecular flexibility index (Phi) is 5.20. The number of carbonyl (C=O) groups is 1. The monoisotopic (exact) mass is 373 g/mol. The molecule has 4 heteroatoms. The average molecular weight is 374 g/mol. The quantitative estimate of drug-likeness (QED) is 0.621. The summed E-state index contributed by atoms with van der Waals surface area (Å²) in [5.41, 5.74) is 5.63. The van der Waals surface area contributed by atoms with Crippen molar-refractivity contribution in [2.45, 2.75) is 45.8 Å². The zero-order chi connectivity index (χ0) is 19.5. The van der Waals surface area contributed by atoms with E-state index in [4.69, 9.17) is 0 Å². The predicted molar refractivity (Wildman–Crippen MR) is 113 cm³/mol. The summed E-state index contributed by atoms with van der Waals surface area (Å²) < 4.78 is 2.23. The zero-order valence-corrected chi connectivity index (χ0v) is 16.6. The van der Waals surface area contributed by atoms with Crippen molar-refractivity contribution in [2.75, 3.05) is 5.32 Å². The molecule has 1 fully saturated rings. The fourth-order valence-electron chi connectivity index (χ4n) is 3.53. The van der Waals surface area contributed by atoms with Gasteiger partial charge in [0.15, 0.2) is 0 Å². The highest BCUT2D eigenvalue weighted by molar-refractivity contribution is 5.90. The first kappa shape index (κ1) is 18.4. The molecule has 1 aliphatic carbocycles. The molecule has 3 aromatic rings. The fourth-order valence-corrected chi connectivity index (χ4v) is 3.53. The van der Waals surface area contributed by atoms with Crippen molar-refractivity contribution in [3.05, 3.63) is 89.2 Å². The summed E-state index contributed by atoms with van der Waals surface area (Å²) in [6.07, 6.45) is 4.26. The van der Waals surface area contributed by atoms with Gasteiger partial charge in [-0.1, -0.05) is 42.5 Å². The highest BCUT2D eigenvalue weighted by Gasteiger charge is 2.33. The average Bonchev–Trinajstić information content (AvgIpc) is 3.45. The molecule has 0 atom stereocenters. The molecule has 1 aliphatic rings. The number of benzene rings is 2. The molecule has 1 aromatic heterocycles. The van der Waals surface area contributed by atoms with Crippen LogP contribution in [0.5, 0.6) is 0 Å². The summed E-state index contributed by atoms with van der Waals surface area (Å²) in [5.74, 6) is 0. The van der Waals surface area contributed by atoms with Crippen LogP contribution >= 0.6 is 0 Å². The molecule has 4 rings (SSSR count). The van der Waals surface area contributed by atoms with E-state index in [9.17, 15) is 4.79 Å². The normalized spacial score (nSPS) is 13.4. The van der Waals surface area contributed by atoms with Gasteiger partial charge in [-0.15, -0.1) is 0 Å². The lowest BCUT2D eigenvalue weighted by molar-refractivity contribution is 0.204. The van der Waals surface area contributed by atoms with Crippen molar-refractivity contribution in [1.82, 2.24) is 9.47 Å². The highest BCUT2D eigenvalue weighted by atomic mass is 16.2. The minimum Gasteiger partial charge on any atom is -0.345 e. The molecule has 1 saturated carbocycles. The lowest BCUT2D eigenvalue weighted by Gasteiger charge is -2.24. The van der Waals surface area contributed by atoms with Gasteiger partial charge in [-0.25, -0.2) is 4.79 Å².